The third kappa shape index (κ3) is 4.39. The molecule has 8 nitrogen and oxygen atoms in total. The summed E-state index contributed by atoms with van der Waals surface area (Å²) < 4.78 is 7.65. The zero-order chi connectivity index (χ0) is 20.5. The van der Waals surface area contributed by atoms with Gasteiger partial charge in [0.05, 0.1) is 17.2 Å². The number of carbonyl (C=O) groups is 1. The fourth-order valence-corrected chi connectivity index (χ4v) is 3.51. The van der Waals surface area contributed by atoms with E-state index in [9.17, 15) is 9.59 Å². The lowest BCUT2D eigenvalue weighted by Crippen LogP contribution is -2.33. The number of amides is 1. The Bertz CT molecular complexity index is 1100. The molecule has 0 radical (unpaired) electrons. The Hall–Kier alpha value is -2.55. The van der Waals surface area contributed by atoms with Crippen LogP contribution in [0, 0.1) is 5.92 Å². The predicted octanol–water partition coefficient (Wildman–Crippen LogP) is 3.32. The summed E-state index contributed by atoms with van der Waals surface area (Å²) in [7, 11) is 0. The number of hydrogen-bond acceptors (Lipinski definition) is 6. The number of hydrogen-bond donors (Lipinski definition) is 1. The molecule has 4 rings (SSSR count). The van der Waals surface area contributed by atoms with Crippen molar-refractivity contribution in [3.05, 3.63) is 51.1 Å². The van der Waals surface area contributed by atoms with Crippen LogP contribution in [-0.2, 0) is 11.3 Å². The predicted molar refractivity (Wildman–Crippen MR) is 110 cm³/mol. The van der Waals surface area contributed by atoms with Crippen molar-refractivity contribution < 1.29 is 9.32 Å². The van der Waals surface area contributed by atoms with E-state index in [2.05, 4.69) is 36.4 Å². The van der Waals surface area contributed by atoms with Crippen LogP contribution in [0.4, 0.5) is 0 Å². The van der Waals surface area contributed by atoms with E-state index in [0.29, 0.717) is 22.7 Å². The van der Waals surface area contributed by atoms with Crippen molar-refractivity contribution in [2.75, 3.05) is 0 Å². The summed E-state index contributed by atoms with van der Waals surface area (Å²) in [5.41, 5.74) is 0.456. The first-order chi connectivity index (χ1) is 13.9. The van der Waals surface area contributed by atoms with Crippen LogP contribution in [0.25, 0.3) is 10.9 Å². The summed E-state index contributed by atoms with van der Waals surface area (Å²) in [6.07, 6.45) is 3.80. The normalized spacial score (nSPS) is 15.0. The van der Waals surface area contributed by atoms with Crippen molar-refractivity contribution in [1.82, 2.24) is 25.0 Å². The Morgan fingerprint density at radius 3 is 2.90 bits per heavy atom. The number of carbonyl (C=O) groups excluding carboxylic acids is 1. The Balaban J connectivity index is 1.43. The molecule has 9 heteroatoms. The lowest BCUT2D eigenvalue weighted by Gasteiger charge is -2.18. The van der Waals surface area contributed by atoms with Gasteiger partial charge in [0.1, 0.15) is 6.04 Å². The van der Waals surface area contributed by atoms with Gasteiger partial charge >= 0.3 is 0 Å². The van der Waals surface area contributed by atoms with Crippen LogP contribution in [0.3, 0.4) is 0 Å². The Morgan fingerprint density at radius 1 is 1.38 bits per heavy atom. The molecule has 29 heavy (non-hydrogen) atoms. The van der Waals surface area contributed by atoms with E-state index in [1.165, 1.54) is 10.9 Å². The highest BCUT2D eigenvalue weighted by Crippen LogP contribution is 2.38. The van der Waals surface area contributed by atoms with E-state index < -0.39 is 0 Å². The molecular weight excluding hydrogens is 438 g/mol. The third-order valence-electron chi connectivity index (χ3n) is 5.01. The number of nitrogens with zero attached hydrogens (tertiary/aromatic N) is 4. The Morgan fingerprint density at radius 2 is 2.17 bits per heavy atom. The van der Waals surface area contributed by atoms with Gasteiger partial charge in [-0.05, 0) is 37.0 Å². The minimum atomic E-state index is -0.357. The summed E-state index contributed by atoms with van der Waals surface area (Å²) in [5.74, 6) is 1.46. The Kier molecular flexibility index (Phi) is 5.49. The van der Waals surface area contributed by atoms with Gasteiger partial charge in [-0.3, -0.25) is 14.2 Å². The molecule has 0 spiro atoms. The van der Waals surface area contributed by atoms with Crippen LogP contribution >= 0.6 is 15.9 Å². The van der Waals surface area contributed by atoms with Crippen molar-refractivity contribution >= 4 is 32.7 Å². The number of nitrogens with one attached hydrogen (secondary N) is 1. The first kappa shape index (κ1) is 19.8. The minimum Gasteiger partial charge on any atom is -0.344 e. The largest absolute Gasteiger partial charge is 0.344 e. The minimum absolute atomic E-state index is 0.0915. The zero-order valence-electron chi connectivity index (χ0n) is 16.3. The molecule has 0 saturated heterocycles. The van der Waals surface area contributed by atoms with Gasteiger partial charge in [-0.15, -0.1) is 0 Å². The van der Waals surface area contributed by atoms with Gasteiger partial charge in [0.15, 0.2) is 5.82 Å². The van der Waals surface area contributed by atoms with Crippen LogP contribution in [0.15, 0.2) is 38.3 Å². The molecule has 1 atom stereocenters. The highest BCUT2D eigenvalue weighted by Gasteiger charge is 2.31. The van der Waals surface area contributed by atoms with E-state index in [0.717, 1.165) is 23.1 Å². The molecule has 3 aromatic rings. The maximum atomic E-state index is 12.7. The summed E-state index contributed by atoms with van der Waals surface area (Å²) in [5, 5.41) is 7.51. The summed E-state index contributed by atoms with van der Waals surface area (Å²) in [4.78, 5) is 34.0. The first-order valence-corrected chi connectivity index (χ1v) is 10.5. The molecule has 2 aromatic heterocycles. The van der Waals surface area contributed by atoms with Gasteiger partial charge in [-0.1, -0.05) is 34.9 Å². The fourth-order valence-electron chi connectivity index (χ4n) is 3.15. The second-order valence-corrected chi connectivity index (χ2v) is 8.62. The van der Waals surface area contributed by atoms with Crippen molar-refractivity contribution in [2.24, 2.45) is 5.92 Å². The number of benzene rings is 1. The summed E-state index contributed by atoms with van der Waals surface area (Å²) in [6, 6.07) is 5.00. The zero-order valence-corrected chi connectivity index (χ0v) is 17.8. The molecular formula is C20H22BrN5O3. The second-order valence-electron chi connectivity index (χ2n) is 7.71. The van der Waals surface area contributed by atoms with Gasteiger partial charge in [-0.2, -0.15) is 4.98 Å². The van der Waals surface area contributed by atoms with Gasteiger partial charge < -0.3 is 9.84 Å². The SMILES string of the molecule is CC(C)C(NC(=O)CCn1cnc2ccc(Br)cc2c1=O)c1nc(C2CC2)no1. The highest BCUT2D eigenvalue weighted by atomic mass is 79.9. The number of fused-ring (bicyclic) bond motifs is 1. The van der Waals surface area contributed by atoms with E-state index in [4.69, 9.17) is 4.52 Å². The van der Waals surface area contributed by atoms with E-state index in [1.54, 1.807) is 12.1 Å². The maximum Gasteiger partial charge on any atom is 0.261 e. The molecule has 1 N–H and O–H groups in total. The lowest BCUT2D eigenvalue weighted by atomic mass is 10.0. The standard InChI is InChI=1S/C20H22BrN5O3/c1-11(2)17(19-24-18(25-29-19)12-3-4-12)23-16(27)7-8-26-10-22-15-6-5-13(21)9-14(15)20(26)28/h5-6,9-12,17H,3-4,7-8H2,1-2H3,(H,23,27). The maximum absolute atomic E-state index is 12.7. The molecule has 1 unspecified atom stereocenters. The molecule has 0 aliphatic heterocycles. The molecule has 1 amide bonds. The molecule has 1 aromatic carbocycles. The van der Waals surface area contributed by atoms with E-state index in [-0.39, 0.29) is 36.4 Å². The van der Waals surface area contributed by atoms with Crippen LogP contribution < -0.4 is 10.9 Å². The smallest absolute Gasteiger partial charge is 0.261 e. The topological polar surface area (TPSA) is 103 Å². The fraction of sp³-hybridized carbons (Fsp3) is 0.450. The quantitative estimate of drug-likeness (QED) is 0.580. The van der Waals surface area contributed by atoms with Crippen LogP contribution in [0.5, 0.6) is 0 Å². The number of halogens is 1. The molecule has 1 saturated carbocycles. The lowest BCUT2D eigenvalue weighted by molar-refractivity contribution is -0.122. The van der Waals surface area contributed by atoms with Crippen LogP contribution in [-0.4, -0.2) is 25.6 Å². The average Bonchev–Trinajstić information content (AvgIpc) is 3.43. The Labute approximate surface area is 175 Å². The van der Waals surface area contributed by atoms with E-state index in [1.807, 2.05) is 19.9 Å². The summed E-state index contributed by atoms with van der Waals surface area (Å²) >= 11 is 3.37. The number of aromatic nitrogens is 4. The molecule has 1 fully saturated rings. The highest BCUT2D eigenvalue weighted by molar-refractivity contribution is 9.10. The van der Waals surface area contributed by atoms with E-state index >= 15 is 0 Å². The van der Waals surface area contributed by atoms with Crippen molar-refractivity contribution in [2.45, 2.75) is 51.6 Å². The number of aryl methyl sites for hydroxylation is 1. The van der Waals surface area contributed by atoms with Gasteiger partial charge in [0, 0.05) is 23.4 Å². The van der Waals surface area contributed by atoms with Crippen molar-refractivity contribution in [3.63, 3.8) is 0 Å². The molecule has 1 aliphatic carbocycles. The van der Waals surface area contributed by atoms with Gasteiger partial charge in [0.25, 0.3) is 5.56 Å². The molecule has 0 bridgehead atoms. The van der Waals surface area contributed by atoms with Crippen LogP contribution in [0.2, 0.25) is 0 Å². The number of rotatable bonds is 7. The van der Waals surface area contributed by atoms with Gasteiger partial charge in [0.2, 0.25) is 11.8 Å². The van der Waals surface area contributed by atoms with Gasteiger partial charge in [-0.25, -0.2) is 4.98 Å². The molecule has 152 valence electrons. The monoisotopic (exact) mass is 459 g/mol. The van der Waals surface area contributed by atoms with Crippen molar-refractivity contribution in [3.8, 4) is 0 Å². The third-order valence-corrected chi connectivity index (χ3v) is 5.51. The average molecular weight is 460 g/mol. The van der Waals surface area contributed by atoms with Crippen molar-refractivity contribution in [1.29, 1.82) is 0 Å². The summed E-state index contributed by atoms with van der Waals surface area (Å²) in [6.45, 7) is 4.21. The molecule has 1 aliphatic rings. The first-order valence-electron chi connectivity index (χ1n) is 9.70. The van der Waals surface area contributed by atoms with Crippen LogP contribution in [0.1, 0.15) is 56.8 Å². The molecule has 2 heterocycles. The second kappa shape index (κ2) is 8.06.